The molecule has 0 spiro atoms. The molecule has 96 valence electrons. The molecule has 2 aliphatic rings. The summed E-state index contributed by atoms with van der Waals surface area (Å²) in [6.07, 6.45) is 2.35. The van der Waals surface area contributed by atoms with Crippen molar-refractivity contribution in [2.45, 2.75) is 31.7 Å². The van der Waals surface area contributed by atoms with Gasteiger partial charge in [-0.1, -0.05) is 5.16 Å². The second-order valence-corrected chi connectivity index (χ2v) is 4.14. The Balaban J connectivity index is 0.00000108. The van der Waals surface area contributed by atoms with Gasteiger partial charge in [-0.3, -0.25) is 0 Å². The van der Waals surface area contributed by atoms with E-state index in [2.05, 4.69) is 15.5 Å². The summed E-state index contributed by atoms with van der Waals surface area (Å²) in [6.45, 7) is 3.00. The number of rotatable bonds is 4. The van der Waals surface area contributed by atoms with E-state index < -0.39 is 0 Å². The lowest BCUT2D eigenvalue weighted by Gasteiger charge is -2.26. The van der Waals surface area contributed by atoms with Gasteiger partial charge in [0.05, 0.1) is 6.10 Å². The first kappa shape index (κ1) is 12.8. The van der Waals surface area contributed by atoms with Gasteiger partial charge in [0, 0.05) is 19.7 Å². The molecule has 1 atom stereocenters. The van der Waals surface area contributed by atoms with E-state index >= 15 is 0 Å². The maximum Gasteiger partial charge on any atom is 0.252 e. The summed E-state index contributed by atoms with van der Waals surface area (Å²) in [5.41, 5.74) is 0. The van der Waals surface area contributed by atoms with Crippen molar-refractivity contribution in [2.24, 2.45) is 0 Å². The smallest absolute Gasteiger partial charge is 0.252 e. The molecule has 3 heterocycles. The molecule has 0 aromatic carbocycles. The standard InChI is InChI=1S/C10H15N3O3.ClH/c1-2-8(14-3-1)10-12-9(16-13-10)6-15-7-4-11-5-7;/h7-8,11H,1-6H2;1H. The highest BCUT2D eigenvalue weighted by Gasteiger charge is 2.24. The maximum absolute atomic E-state index is 5.54. The summed E-state index contributed by atoms with van der Waals surface area (Å²) < 4.78 is 16.1. The molecule has 3 rings (SSSR count). The number of hydrogen-bond acceptors (Lipinski definition) is 6. The van der Waals surface area contributed by atoms with Gasteiger partial charge in [0.1, 0.15) is 12.7 Å². The third-order valence-electron chi connectivity index (χ3n) is 2.89. The first-order chi connectivity index (χ1) is 7.92. The average Bonchev–Trinajstić information content (AvgIpc) is 2.84. The van der Waals surface area contributed by atoms with E-state index in [9.17, 15) is 0 Å². The van der Waals surface area contributed by atoms with Crippen LogP contribution in [0.3, 0.4) is 0 Å². The van der Waals surface area contributed by atoms with Crippen LogP contribution in [-0.4, -0.2) is 35.9 Å². The summed E-state index contributed by atoms with van der Waals surface area (Å²) in [5, 5.41) is 7.05. The van der Waals surface area contributed by atoms with Gasteiger partial charge in [0.25, 0.3) is 5.89 Å². The van der Waals surface area contributed by atoms with E-state index in [0.717, 1.165) is 32.5 Å². The molecule has 2 saturated heterocycles. The SMILES string of the molecule is C1COC(c2noc(COC3CNC3)n2)C1.Cl. The highest BCUT2D eigenvalue weighted by Crippen LogP contribution is 2.26. The van der Waals surface area contributed by atoms with Gasteiger partial charge in [0.15, 0.2) is 0 Å². The van der Waals surface area contributed by atoms with Crippen molar-refractivity contribution in [1.82, 2.24) is 15.5 Å². The summed E-state index contributed by atoms with van der Waals surface area (Å²) in [6, 6.07) is 0. The van der Waals surface area contributed by atoms with Crippen molar-refractivity contribution in [3.05, 3.63) is 11.7 Å². The Bertz CT molecular complexity index is 350. The highest BCUT2D eigenvalue weighted by atomic mass is 35.5. The number of halogens is 1. The first-order valence-electron chi connectivity index (χ1n) is 5.68. The molecule has 2 aliphatic heterocycles. The van der Waals surface area contributed by atoms with Gasteiger partial charge in [0.2, 0.25) is 5.82 Å². The van der Waals surface area contributed by atoms with Crippen molar-refractivity contribution in [3.8, 4) is 0 Å². The zero-order valence-electron chi connectivity index (χ0n) is 9.42. The summed E-state index contributed by atoms with van der Waals surface area (Å²) in [5.74, 6) is 1.19. The number of nitrogens with one attached hydrogen (secondary N) is 1. The lowest BCUT2D eigenvalue weighted by atomic mass is 10.2. The minimum absolute atomic E-state index is 0. The van der Waals surface area contributed by atoms with Gasteiger partial charge in [-0.05, 0) is 12.8 Å². The van der Waals surface area contributed by atoms with Crippen LogP contribution in [0, 0.1) is 0 Å². The molecule has 6 nitrogen and oxygen atoms in total. The molecule has 1 aromatic heterocycles. The largest absolute Gasteiger partial charge is 0.370 e. The predicted octanol–water partition coefficient (Wildman–Crippen LogP) is 0.831. The van der Waals surface area contributed by atoms with Crippen molar-refractivity contribution in [1.29, 1.82) is 0 Å². The number of aromatic nitrogens is 2. The third-order valence-corrected chi connectivity index (χ3v) is 2.89. The fraction of sp³-hybridized carbons (Fsp3) is 0.800. The lowest BCUT2D eigenvalue weighted by molar-refractivity contribution is -0.00397. The summed E-state index contributed by atoms with van der Waals surface area (Å²) >= 11 is 0. The molecule has 0 radical (unpaired) electrons. The summed E-state index contributed by atoms with van der Waals surface area (Å²) in [7, 11) is 0. The Morgan fingerprint density at radius 1 is 1.41 bits per heavy atom. The Morgan fingerprint density at radius 2 is 2.29 bits per heavy atom. The Morgan fingerprint density at radius 3 is 2.94 bits per heavy atom. The van der Waals surface area contributed by atoms with Crippen molar-refractivity contribution < 1.29 is 14.0 Å². The molecule has 0 saturated carbocycles. The highest BCUT2D eigenvalue weighted by molar-refractivity contribution is 5.85. The topological polar surface area (TPSA) is 69.4 Å². The Kier molecular flexibility index (Phi) is 4.33. The zero-order chi connectivity index (χ0) is 10.8. The fourth-order valence-electron chi connectivity index (χ4n) is 1.81. The van der Waals surface area contributed by atoms with Gasteiger partial charge in [-0.25, -0.2) is 0 Å². The van der Waals surface area contributed by atoms with Crippen molar-refractivity contribution in [2.75, 3.05) is 19.7 Å². The monoisotopic (exact) mass is 261 g/mol. The molecular weight excluding hydrogens is 246 g/mol. The number of hydrogen-bond donors (Lipinski definition) is 1. The second kappa shape index (κ2) is 5.77. The van der Waals surface area contributed by atoms with Crippen LogP contribution < -0.4 is 5.32 Å². The van der Waals surface area contributed by atoms with Crippen LogP contribution in [0.25, 0.3) is 0 Å². The predicted molar refractivity (Wildman–Crippen MR) is 60.9 cm³/mol. The molecule has 0 amide bonds. The van der Waals surface area contributed by atoms with Gasteiger partial charge in [-0.2, -0.15) is 4.98 Å². The van der Waals surface area contributed by atoms with Gasteiger partial charge < -0.3 is 19.3 Å². The fourth-order valence-corrected chi connectivity index (χ4v) is 1.81. The third kappa shape index (κ3) is 2.95. The summed E-state index contributed by atoms with van der Waals surface area (Å²) in [4.78, 5) is 4.27. The molecule has 7 heteroatoms. The molecular formula is C10H16ClN3O3. The Labute approximate surface area is 105 Å². The molecule has 1 aromatic rings. The van der Waals surface area contributed by atoms with E-state index in [1.165, 1.54) is 0 Å². The van der Waals surface area contributed by atoms with Crippen molar-refractivity contribution >= 4 is 12.4 Å². The normalized spacial score (nSPS) is 24.4. The Hall–Kier alpha value is -0.690. The maximum atomic E-state index is 5.54. The van der Waals surface area contributed by atoms with E-state index in [0.29, 0.717) is 18.3 Å². The zero-order valence-corrected chi connectivity index (χ0v) is 10.2. The number of ether oxygens (including phenoxy) is 2. The van der Waals surface area contributed by atoms with E-state index in [4.69, 9.17) is 14.0 Å². The second-order valence-electron chi connectivity index (χ2n) is 4.14. The van der Waals surface area contributed by atoms with Crippen LogP contribution in [0.15, 0.2) is 4.52 Å². The average molecular weight is 262 g/mol. The molecule has 0 bridgehead atoms. The van der Waals surface area contributed by atoms with Crippen LogP contribution in [0.4, 0.5) is 0 Å². The van der Waals surface area contributed by atoms with Crippen LogP contribution in [0.5, 0.6) is 0 Å². The lowest BCUT2D eigenvalue weighted by Crippen LogP contribution is -2.48. The molecule has 2 fully saturated rings. The molecule has 17 heavy (non-hydrogen) atoms. The molecule has 0 aliphatic carbocycles. The quantitative estimate of drug-likeness (QED) is 0.866. The van der Waals surface area contributed by atoms with Crippen LogP contribution in [0.1, 0.15) is 30.7 Å². The van der Waals surface area contributed by atoms with E-state index in [-0.39, 0.29) is 24.6 Å². The molecule has 1 N–H and O–H groups in total. The minimum atomic E-state index is 0. The van der Waals surface area contributed by atoms with E-state index in [1.54, 1.807) is 0 Å². The minimum Gasteiger partial charge on any atom is -0.370 e. The first-order valence-corrected chi connectivity index (χ1v) is 5.68. The van der Waals surface area contributed by atoms with Gasteiger partial charge in [-0.15, -0.1) is 12.4 Å². The van der Waals surface area contributed by atoms with Crippen LogP contribution in [0.2, 0.25) is 0 Å². The van der Waals surface area contributed by atoms with E-state index in [1.807, 2.05) is 0 Å². The van der Waals surface area contributed by atoms with Crippen LogP contribution >= 0.6 is 12.4 Å². The number of nitrogens with zero attached hydrogens (tertiary/aromatic N) is 2. The van der Waals surface area contributed by atoms with Crippen LogP contribution in [-0.2, 0) is 16.1 Å². The van der Waals surface area contributed by atoms with Crippen molar-refractivity contribution in [3.63, 3.8) is 0 Å². The van der Waals surface area contributed by atoms with Gasteiger partial charge >= 0.3 is 0 Å². The molecule has 1 unspecified atom stereocenters.